The van der Waals surface area contributed by atoms with E-state index in [1.165, 1.54) is 49.0 Å². The highest BCUT2D eigenvalue weighted by Gasteiger charge is 2.25. The van der Waals surface area contributed by atoms with Crippen LogP contribution in [0.2, 0.25) is 0 Å². The van der Waals surface area contributed by atoms with Crippen LogP contribution in [0.25, 0.3) is 0 Å². The van der Waals surface area contributed by atoms with E-state index in [0.717, 1.165) is 18.4 Å². The van der Waals surface area contributed by atoms with Crippen molar-refractivity contribution in [3.8, 4) is 0 Å². The number of rotatable bonds is 4. The lowest BCUT2D eigenvalue weighted by atomic mass is 9.89. The molecular weight excluding hydrogens is 256 g/mol. The first-order chi connectivity index (χ1) is 10.0. The van der Waals surface area contributed by atoms with Gasteiger partial charge in [0.2, 0.25) is 0 Å². The predicted molar refractivity (Wildman–Crippen MR) is 91.5 cm³/mol. The Balaban J connectivity index is 2.13. The molecule has 0 saturated carbocycles. The summed E-state index contributed by atoms with van der Waals surface area (Å²) in [5.41, 5.74) is 10.3. The average molecular weight is 288 g/mol. The number of nitrogens with two attached hydrogens (primary N) is 1. The fraction of sp³-hybridized carbons (Fsp3) is 0.684. The Morgan fingerprint density at radius 2 is 1.95 bits per heavy atom. The van der Waals surface area contributed by atoms with Gasteiger partial charge in [-0.15, -0.1) is 0 Å². The molecule has 0 amide bonds. The van der Waals surface area contributed by atoms with Gasteiger partial charge in [0.15, 0.2) is 0 Å². The van der Waals surface area contributed by atoms with E-state index in [9.17, 15) is 0 Å². The Labute approximate surface area is 130 Å². The van der Waals surface area contributed by atoms with Gasteiger partial charge in [0.05, 0.1) is 0 Å². The van der Waals surface area contributed by atoms with Crippen molar-refractivity contribution < 1.29 is 0 Å². The smallest absolute Gasteiger partial charge is 0.0473 e. The summed E-state index contributed by atoms with van der Waals surface area (Å²) in [6.07, 6.45) is 4.00. The van der Waals surface area contributed by atoms with Crippen molar-refractivity contribution in [1.29, 1.82) is 0 Å². The van der Waals surface area contributed by atoms with Gasteiger partial charge in [0.1, 0.15) is 0 Å². The van der Waals surface area contributed by atoms with Gasteiger partial charge in [-0.25, -0.2) is 0 Å². The summed E-state index contributed by atoms with van der Waals surface area (Å²) in [4.78, 5) is 2.63. The number of nitrogens with zero attached hydrogens (tertiary/aromatic N) is 1. The second-order valence-corrected chi connectivity index (χ2v) is 7.08. The Morgan fingerprint density at radius 3 is 2.57 bits per heavy atom. The van der Waals surface area contributed by atoms with Gasteiger partial charge in [0, 0.05) is 12.6 Å². The Morgan fingerprint density at radius 1 is 1.19 bits per heavy atom. The summed E-state index contributed by atoms with van der Waals surface area (Å²) in [5, 5.41) is 0. The zero-order valence-corrected chi connectivity index (χ0v) is 14.2. The van der Waals surface area contributed by atoms with Gasteiger partial charge in [-0.05, 0) is 69.2 Å². The summed E-state index contributed by atoms with van der Waals surface area (Å²) in [7, 11) is 0. The minimum Gasteiger partial charge on any atom is -0.329 e. The lowest BCUT2D eigenvalue weighted by Crippen LogP contribution is -2.35. The number of hydrogen-bond donors (Lipinski definition) is 1. The molecule has 118 valence electrons. The Bertz CT molecular complexity index is 453. The summed E-state index contributed by atoms with van der Waals surface area (Å²) < 4.78 is 0. The molecule has 2 heteroatoms. The second kappa shape index (κ2) is 7.42. The van der Waals surface area contributed by atoms with Crippen molar-refractivity contribution >= 4 is 0 Å². The molecule has 1 aromatic rings. The van der Waals surface area contributed by atoms with E-state index in [-0.39, 0.29) is 0 Å². The second-order valence-electron chi connectivity index (χ2n) is 7.08. The molecule has 2 nitrogen and oxygen atoms in total. The van der Waals surface area contributed by atoms with E-state index in [2.05, 4.69) is 50.8 Å². The standard InChI is InChI=1S/C19H32N2/c1-14(2)17-6-5-10-21(11-9-17)19(13-20)18-8-7-15(3)12-16(18)4/h7-8,12,14,17,19H,5-6,9-11,13,20H2,1-4H3. The van der Waals surface area contributed by atoms with Crippen LogP contribution in [-0.2, 0) is 0 Å². The zero-order valence-electron chi connectivity index (χ0n) is 14.2. The molecule has 2 rings (SSSR count). The van der Waals surface area contributed by atoms with E-state index in [1.54, 1.807) is 0 Å². The molecule has 0 aliphatic carbocycles. The maximum Gasteiger partial charge on any atom is 0.0473 e. The van der Waals surface area contributed by atoms with Crippen LogP contribution in [0.4, 0.5) is 0 Å². The molecule has 2 N–H and O–H groups in total. The molecule has 1 fully saturated rings. The summed E-state index contributed by atoms with van der Waals surface area (Å²) in [6.45, 7) is 12.2. The fourth-order valence-corrected chi connectivity index (χ4v) is 3.79. The largest absolute Gasteiger partial charge is 0.329 e. The molecule has 1 heterocycles. The van der Waals surface area contributed by atoms with E-state index < -0.39 is 0 Å². The zero-order chi connectivity index (χ0) is 15.4. The molecule has 2 atom stereocenters. The molecule has 1 aliphatic rings. The lowest BCUT2D eigenvalue weighted by molar-refractivity contribution is 0.203. The minimum absolute atomic E-state index is 0.386. The van der Waals surface area contributed by atoms with Crippen molar-refractivity contribution in [3.63, 3.8) is 0 Å². The molecule has 0 bridgehead atoms. The highest BCUT2D eigenvalue weighted by Crippen LogP contribution is 2.30. The van der Waals surface area contributed by atoms with Crippen LogP contribution in [0, 0.1) is 25.7 Å². The molecule has 0 radical (unpaired) electrons. The van der Waals surface area contributed by atoms with Crippen molar-refractivity contribution in [2.45, 2.75) is 53.0 Å². The van der Waals surface area contributed by atoms with Crippen LogP contribution in [0.15, 0.2) is 18.2 Å². The van der Waals surface area contributed by atoms with E-state index in [1.807, 2.05) is 0 Å². The quantitative estimate of drug-likeness (QED) is 0.905. The van der Waals surface area contributed by atoms with Crippen LogP contribution in [0.3, 0.4) is 0 Å². The lowest BCUT2D eigenvalue weighted by Gasteiger charge is -2.31. The molecule has 1 saturated heterocycles. The van der Waals surface area contributed by atoms with E-state index >= 15 is 0 Å². The van der Waals surface area contributed by atoms with Gasteiger partial charge in [-0.1, -0.05) is 37.6 Å². The first-order valence-electron chi connectivity index (χ1n) is 8.54. The molecule has 0 aromatic heterocycles. The normalized spacial score (nSPS) is 22.3. The fourth-order valence-electron chi connectivity index (χ4n) is 3.79. The van der Waals surface area contributed by atoms with Gasteiger partial charge in [0.25, 0.3) is 0 Å². The first-order valence-corrected chi connectivity index (χ1v) is 8.54. The topological polar surface area (TPSA) is 29.3 Å². The predicted octanol–water partition coefficient (Wildman–Crippen LogP) is 4.06. The SMILES string of the molecule is Cc1ccc(C(CN)N2CCCC(C(C)C)CC2)c(C)c1. The van der Waals surface area contributed by atoms with Crippen molar-refractivity contribution in [3.05, 3.63) is 34.9 Å². The molecule has 1 aromatic carbocycles. The van der Waals surface area contributed by atoms with Crippen molar-refractivity contribution in [2.75, 3.05) is 19.6 Å². The molecular formula is C19H32N2. The maximum absolute atomic E-state index is 6.15. The number of likely N-dealkylation sites (tertiary alicyclic amines) is 1. The van der Waals surface area contributed by atoms with Crippen LogP contribution >= 0.6 is 0 Å². The summed E-state index contributed by atoms with van der Waals surface area (Å²) >= 11 is 0. The van der Waals surface area contributed by atoms with Crippen molar-refractivity contribution in [1.82, 2.24) is 4.90 Å². The van der Waals surface area contributed by atoms with Gasteiger partial charge >= 0.3 is 0 Å². The third kappa shape index (κ3) is 4.08. The van der Waals surface area contributed by atoms with E-state index in [0.29, 0.717) is 6.04 Å². The van der Waals surface area contributed by atoms with Gasteiger partial charge in [-0.2, -0.15) is 0 Å². The van der Waals surface area contributed by atoms with Crippen LogP contribution < -0.4 is 5.73 Å². The van der Waals surface area contributed by atoms with Crippen LogP contribution in [-0.4, -0.2) is 24.5 Å². The number of aryl methyl sites for hydroxylation is 2. The summed E-state index contributed by atoms with van der Waals surface area (Å²) in [6, 6.07) is 7.18. The summed E-state index contributed by atoms with van der Waals surface area (Å²) in [5.74, 6) is 1.69. The highest BCUT2D eigenvalue weighted by molar-refractivity contribution is 5.33. The minimum atomic E-state index is 0.386. The maximum atomic E-state index is 6.15. The third-order valence-corrected chi connectivity index (χ3v) is 5.20. The first kappa shape index (κ1) is 16.5. The van der Waals surface area contributed by atoms with Crippen LogP contribution in [0.5, 0.6) is 0 Å². The van der Waals surface area contributed by atoms with Gasteiger partial charge in [-0.3, -0.25) is 4.90 Å². The monoisotopic (exact) mass is 288 g/mol. The van der Waals surface area contributed by atoms with E-state index in [4.69, 9.17) is 5.73 Å². The average Bonchev–Trinajstić information content (AvgIpc) is 2.68. The molecule has 2 unspecified atom stereocenters. The highest BCUT2D eigenvalue weighted by atomic mass is 15.2. The molecule has 21 heavy (non-hydrogen) atoms. The van der Waals surface area contributed by atoms with Crippen LogP contribution in [0.1, 0.15) is 55.8 Å². The third-order valence-electron chi connectivity index (χ3n) is 5.20. The molecule has 1 aliphatic heterocycles. The Kier molecular flexibility index (Phi) is 5.83. The van der Waals surface area contributed by atoms with Gasteiger partial charge < -0.3 is 5.73 Å². The number of hydrogen-bond acceptors (Lipinski definition) is 2. The Hall–Kier alpha value is -0.860. The number of benzene rings is 1. The van der Waals surface area contributed by atoms with Crippen molar-refractivity contribution in [2.24, 2.45) is 17.6 Å². The molecule has 0 spiro atoms.